The molecule has 0 amide bonds. The van der Waals surface area contributed by atoms with Gasteiger partial charge in [-0.05, 0) is 11.5 Å². The second kappa shape index (κ2) is 4.59. The molecule has 2 heterocycles. The summed E-state index contributed by atoms with van der Waals surface area (Å²) in [6.07, 6.45) is 0. The van der Waals surface area contributed by atoms with Crippen molar-refractivity contribution < 1.29 is 9.26 Å². The van der Waals surface area contributed by atoms with Gasteiger partial charge in [0.15, 0.2) is 5.82 Å². The van der Waals surface area contributed by atoms with E-state index in [9.17, 15) is 0 Å². The van der Waals surface area contributed by atoms with Crippen LogP contribution in [0.3, 0.4) is 0 Å². The summed E-state index contributed by atoms with van der Waals surface area (Å²) in [5.41, 5.74) is 7.14. The molecule has 0 fully saturated rings. The molecule has 0 spiro atoms. The second-order valence-electron chi connectivity index (χ2n) is 6.24. The van der Waals surface area contributed by atoms with E-state index in [0.717, 1.165) is 11.3 Å². The zero-order chi connectivity index (χ0) is 14.3. The minimum absolute atomic E-state index is 0.0240. The highest BCUT2D eigenvalue weighted by atomic mass is 16.5. The van der Waals surface area contributed by atoms with Crippen LogP contribution in [-0.4, -0.2) is 16.7 Å². The van der Waals surface area contributed by atoms with E-state index in [-0.39, 0.29) is 17.4 Å². The fourth-order valence-corrected chi connectivity index (χ4v) is 2.26. The maximum atomic E-state index is 6.15. The Morgan fingerprint density at radius 2 is 2.05 bits per heavy atom. The summed E-state index contributed by atoms with van der Waals surface area (Å²) in [5, 5.41) is 4.09. The molecule has 0 saturated carbocycles. The molecule has 0 saturated heterocycles. The van der Waals surface area contributed by atoms with E-state index >= 15 is 0 Å². The molecule has 106 valence electrons. The van der Waals surface area contributed by atoms with Crippen molar-refractivity contribution in [2.24, 2.45) is 11.1 Å². The van der Waals surface area contributed by atoms with E-state index < -0.39 is 0 Å². The van der Waals surface area contributed by atoms with Gasteiger partial charge < -0.3 is 15.0 Å². The van der Waals surface area contributed by atoms with Crippen LogP contribution >= 0.6 is 0 Å². The topological polar surface area (TPSA) is 74.2 Å². The Hall–Kier alpha value is -1.88. The zero-order valence-electron chi connectivity index (χ0n) is 12.0. The predicted octanol–water partition coefficient (Wildman–Crippen LogP) is 2.64. The van der Waals surface area contributed by atoms with E-state index in [4.69, 9.17) is 15.0 Å². The maximum Gasteiger partial charge on any atom is 0.244 e. The van der Waals surface area contributed by atoms with Crippen LogP contribution in [0.25, 0.3) is 0 Å². The summed E-state index contributed by atoms with van der Waals surface area (Å²) in [6.45, 7) is 6.70. The molecule has 2 N–H and O–H groups in total. The minimum atomic E-state index is -0.277. The summed E-state index contributed by atoms with van der Waals surface area (Å²) in [4.78, 5) is 4.47. The summed E-state index contributed by atoms with van der Waals surface area (Å²) >= 11 is 0. The Bertz CT molecular complexity index is 616. The smallest absolute Gasteiger partial charge is 0.244 e. The summed E-state index contributed by atoms with van der Waals surface area (Å²) in [7, 11) is 0. The van der Waals surface area contributed by atoms with Crippen molar-refractivity contribution in [2.75, 3.05) is 6.61 Å². The number of ether oxygens (including phenoxy) is 1. The van der Waals surface area contributed by atoms with Crippen molar-refractivity contribution >= 4 is 0 Å². The Morgan fingerprint density at radius 1 is 1.30 bits per heavy atom. The van der Waals surface area contributed by atoms with Crippen molar-refractivity contribution in [1.82, 2.24) is 10.1 Å². The van der Waals surface area contributed by atoms with Crippen LogP contribution in [0.4, 0.5) is 0 Å². The molecule has 2 atom stereocenters. The molecule has 1 aliphatic heterocycles. The first-order valence-corrected chi connectivity index (χ1v) is 6.77. The molecular weight excluding hydrogens is 254 g/mol. The van der Waals surface area contributed by atoms with Gasteiger partial charge >= 0.3 is 0 Å². The van der Waals surface area contributed by atoms with Crippen LogP contribution < -0.4 is 10.5 Å². The fourth-order valence-electron chi connectivity index (χ4n) is 2.26. The number of rotatable bonds is 2. The normalized spacial score (nSPS) is 19.5. The molecule has 1 aromatic carbocycles. The number of para-hydroxylation sites is 1. The number of fused-ring (bicyclic) bond motifs is 1. The molecule has 5 heteroatoms. The number of nitrogens with two attached hydrogens (primary N) is 1. The molecule has 2 unspecified atom stereocenters. The number of hydrogen-bond acceptors (Lipinski definition) is 5. The Balaban J connectivity index is 1.89. The number of benzene rings is 1. The van der Waals surface area contributed by atoms with Gasteiger partial charge in [-0.15, -0.1) is 0 Å². The predicted molar refractivity (Wildman–Crippen MR) is 74.5 cm³/mol. The molecule has 1 aromatic heterocycles. The third kappa shape index (κ3) is 2.18. The van der Waals surface area contributed by atoms with Crippen molar-refractivity contribution in [3.05, 3.63) is 41.5 Å². The molecule has 0 bridgehead atoms. The van der Waals surface area contributed by atoms with Crippen LogP contribution in [0, 0.1) is 5.41 Å². The van der Waals surface area contributed by atoms with Crippen LogP contribution in [0.15, 0.2) is 28.8 Å². The average molecular weight is 273 g/mol. The van der Waals surface area contributed by atoms with Crippen molar-refractivity contribution in [3.63, 3.8) is 0 Å². The van der Waals surface area contributed by atoms with Crippen molar-refractivity contribution in [1.29, 1.82) is 0 Å². The summed E-state index contributed by atoms with van der Waals surface area (Å²) < 4.78 is 11.0. The molecule has 1 aliphatic rings. The van der Waals surface area contributed by atoms with Gasteiger partial charge in [-0.1, -0.05) is 44.1 Å². The Morgan fingerprint density at radius 3 is 2.80 bits per heavy atom. The van der Waals surface area contributed by atoms with E-state index in [1.165, 1.54) is 0 Å². The SMILES string of the molecule is CC(C)(C)C(N)c1nc(C2COc3ccccc32)no1. The van der Waals surface area contributed by atoms with E-state index in [1.54, 1.807) is 0 Å². The van der Waals surface area contributed by atoms with Gasteiger partial charge in [0.05, 0.1) is 12.0 Å². The van der Waals surface area contributed by atoms with Gasteiger partial charge in [-0.25, -0.2) is 0 Å². The molecule has 0 radical (unpaired) electrons. The van der Waals surface area contributed by atoms with Crippen molar-refractivity contribution in [2.45, 2.75) is 32.7 Å². The van der Waals surface area contributed by atoms with Crippen LogP contribution in [0.2, 0.25) is 0 Å². The summed E-state index contributed by atoms with van der Waals surface area (Å²) in [5.74, 6) is 2.04. The first kappa shape index (κ1) is 13.1. The third-order valence-corrected chi connectivity index (χ3v) is 3.67. The number of hydrogen-bond donors (Lipinski definition) is 1. The van der Waals surface area contributed by atoms with Crippen molar-refractivity contribution in [3.8, 4) is 5.75 Å². The van der Waals surface area contributed by atoms with Gasteiger partial charge in [0.2, 0.25) is 5.89 Å². The monoisotopic (exact) mass is 273 g/mol. The first-order valence-electron chi connectivity index (χ1n) is 6.77. The van der Waals surface area contributed by atoms with Gasteiger partial charge in [-0.3, -0.25) is 0 Å². The minimum Gasteiger partial charge on any atom is -0.492 e. The van der Waals surface area contributed by atoms with Crippen LogP contribution in [0.1, 0.15) is 50.0 Å². The highest BCUT2D eigenvalue weighted by Gasteiger charge is 2.32. The lowest BCUT2D eigenvalue weighted by molar-refractivity contribution is 0.251. The lowest BCUT2D eigenvalue weighted by Gasteiger charge is -2.23. The molecule has 20 heavy (non-hydrogen) atoms. The lowest BCUT2D eigenvalue weighted by Crippen LogP contribution is -2.26. The molecular formula is C15H19N3O2. The van der Waals surface area contributed by atoms with E-state index in [0.29, 0.717) is 18.3 Å². The van der Waals surface area contributed by atoms with Gasteiger partial charge in [-0.2, -0.15) is 4.98 Å². The Labute approximate surface area is 118 Å². The third-order valence-electron chi connectivity index (χ3n) is 3.67. The standard InChI is InChI=1S/C15H19N3O2/c1-15(2,3)12(16)14-17-13(18-20-14)10-8-19-11-7-5-4-6-9(10)11/h4-7,10,12H,8,16H2,1-3H3. The second-order valence-corrected chi connectivity index (χ2v) is 6.24. The first-order chi connectivity index (χ1) is 9.47. The number of aromatic nitrogens is 2. The average Bonchev–Trinajstić information content (AvgIpc) is 3.02. The highest BCUT2D eigenvalue weighted by molar-refractivity contribution is 5.42. The largest absolute Gasteiger partial charge is 0.492 e. The van der Waals surface area contributed by atoms with Crippen LogP contribution in [-0.2, 0) is 0 Å². The fraction of sp³-hybridized carbons (Fsp3) is 0.467. The van der Waals surface area contributed by atoms with Gasteiger partial charge in [0, 0.05) is 5.56 Å². The Kier molecular flexibility index (Phi) is 3.01. The molecule has 5 nitrogen and oxygen atoms in total. The number of nitrogens with zero attached hydrogens (tertiary/aromatic N) is 2. The van der Waals surface area contributed by atoms with E-state index in [2.05, 4.69) is 30.9 Å². The van der Waals surface area contributed by atoms with Gasteiger partial charge in [0.25, 0.3) is 0 Å². The molecule has 0 aliphatic carbocycles. The summed E-state index contributed by atoms with van der Waals surface area (Å²) in [6, 6.07) is 7.66. The lowest BCUT2D eigenvalue weighted by atomic mass is 9.87. The maximum absolute atomic E-state index is 6.15. The zero-order valence-corrected chi connectivity index (χ0v) is 12.0. The quantitative estimate of drug-likeness (QED) is 0.910. The molecule has 3 rings (SSSR count). The van der Waals surface area contributed by atoms with E-state index in [1.807, 2.05) is 24.3 Å². The van der Waals surface area contributed by atoms with Crippen LogP contribution in [0.5, 0.6) is 5.75 Å². The van der Waals surface area contributed by atoms with Gasteiger partial charge in [0.1, 0.15) is 12.4 Å². The highest BCUT2D eigenvalue weighted by Crippen LogP contribution is 2.37. The molecule has 2 aromatic rings.